The van der Waals surface area contributed by atoms with E-state index in [0.717, 1.165) is 18.5 Å². The Bertz CT molecular complexity index is 540. The molecular weight excluding hydrogens is 232 g/mol. The average molecular weight is 256 g/mol. The van der Waals surface area contributed by atoms with E-state index in [1.807, 2.05) is 12.3 Å². The highest BCUT2D eigenvalue weighted by atomic mass is 14.9. The van der Waals surface area contributed by atoms with Crippen molar-refractivity contribution in [2.24, 2.45) is 5.92 Å². The molecule has 1 aromatic carbocycles. The van der Waals surface area contributed by atoms with Gasteiger partial charge in [-0.3, -0.25) is 4.98 Å². The van der Waals surface area contributed by atoms with Gasteiger partial charge in [0, 0.05) is 17.1 Å². The molecule has 0 aliphatic rings. The van der Waals surface area contributed by atoms with Crippen molar-refractivity contribution in [2.45, 2.75) is 39.7 Å². The lowest BCUT2D eigenvalue weighted by Gasteiger charge is -2.23. The molecule has 1 aromatic heterocycles. The van der Waals surface area contributed by atoms with Crippen LogP contribution in [0.25, 0.3) is 10.9 Å². The van der Waals surface area contributed by atoms with E-state index >= 15 is 0 Å². The highest BCUT2D eigenvalue weighted by Gasteiger charge is 2.11. The molecule has 2 heteroatoms. The Morgan fingerprint density at radius 3 is 2.74 bits per heavy atom. The van der Waals surface area contributed by atoms with Crippen molar-refractivity contribution in [3.8, 4) is 0 Å². The smallest absolute Gasteiger partial charge is 0.0704 e. The summed E-state index contributed by atoms with van der Waals surface area (Å²) in [6.07, 6.45) is 2.95. The van der Waals surface area contributed by atoms with Gasteiger partial charge in [-0.2, -0.15) is 0 Å². The fourth-order valence-electron chi connectivity index (χ4n) is 2.19. The van der Waals surface area contributed by atoms with Gasteiger partial charge in [-0.05, 0) is 57.4 Å². The monoisotopic (exact) mass is 256 g/mol. The molecule has 2 rings (SSSR count). The van der Waals surface area contributed by atoms with E-state index in [9.17, 15) is 0 Å². The number of nitrogens with zero attached hydrogens (tertiary/aromatic N) is 1. The number of hydrogen-bond donors (Lipinski definition) is 1. The van der Waals surface area contributed by atoms with E-state index in [0.29, 0.717) is 5.92 Å². The summed E-state index contributed by atoms with van der Waals surface area (Å²) in [4.78, 5) is 4.42. The van der Waals surface area contributed by atoms with Gasteiger partial charge in [-0.15, -0.1) is 0 Å². The van der Waals surface area contributed by atoms with Crippen LogP contribution in [0.1, 0.15) is 33.3 Å². The second kappa shape index (κ2) is 5.70. The molecule has 2 nitrogen and oxygen atoms in total. The molecule has 0 aliphatic carbocycles. The summed E-state index contributed by atoms with van der Waals surface area (Å²) < 4.78 is 0. The van der Waals surface area contributed by atoms with Gasteiger partial charge >= 0.3 is 0 Å². The van der Waals surface area contributed by atoms with Crippen LogP contribution >= 0.6 is 0 Å². The maximum atomic E-state index is 4.42. The number of benzene rings is 1. The van der Waals surface area contributed by atoms with Crippen LogP contribution in [-0.2, 0) is 6.42 Å². The molecule has 2 aromatic rings. The molecule has 19 heavy (non-hydrogen) atoms. The third-order valence-electron chi connectivity index (χ3n) is 3.24. The number of aromatic nitrogens is 1. The summed E-state index contributed by atoms with van der Waals surface area (Å²) in [6, 6.07) is 10.7. The number of hydrogen-bond acceptors (Lipinski definition) is 2. The van der Waals surface area contributed by atoms with Crippen molar-refractivity contribution >= 4 is 10.9 Å². The van der Waals surface area contributed by atoms with Gasteiger partial charge < -0.3 is 5.32 Å². The van der Waals surface area contributed by atoms with Gasteiger partial charge in [0.25, 0.3) is 0 Å². The van der Waals surface area contributed by atoms with E-state index in [1.165, 1.54) is 10.9 Å². The highest BCUT2D eigenvalue weighted by molar-refractivity contribution is 5.78. The minimum atomic E-state index is 0.194. The molecule has 102 valence electrons. The first-order valence-corrected chi connectivity index (χ1v) is 7.03. The Morgan fingerprint density at radius 1 is 1.21 bits per heavy atom. The summed E-state index contributed by atoms with van der Waals surface area (Å²) in [7, 11) is 0. The Morgan fingerprint density at radius 2 is 2.00 bits per heavy atom. The number of pyridine rings is 1. The van der Waals surface area contributed by atoms with Crippen LogP contribution in [0.4, 0.5) is 0 Å². The molecule has 1 heterocycles. The Hall–Kier alpha value is -1.41. The molecule has 0 spiro atoms. The molecule has 0 bridgehead atoms. The molecule has 0 amide bonds. The van der Waals surface area contributed by atoms with Gasteiger partial charge in [-0.25, -0.2) is 0 Å². The summed E-state index contributed by atoms with van der Waals surface area (Å²) in [5.74, 6) is 0.625. The van der Waals surface area contributed by atoms with Crippen molar-refractivity contribution in [3.05, 3.63) is 42.1 Å². The maximum Gasteiger partial charge on any atom is 0.0704 e. The van der Waals surface area contributed by atoms with E-state index in [-0.39, 0.29) is 5.54 Å². The van der Waals surface area contributed by atoms with Gasteiger partial charge in [0.1, 0.15) is 0 Å². The Labute approximate surface area is 116 Å². The van der Waals surface area contributed by atoms with Gasteiger partial charge in [-0.1, -0.05) is 25.1 Å². The molecule has 0 fully saturated rings. The lowest BCUT2D eigenvalue weighted by Crippen LogP contribution is -2.39. The number of nitrogens with one attached hydrogen (secondary N) is 1. The summed E-state index contributed by atoms with van der Waals surface area (Å²) >= 11 is 0. The van der Waals surface area contributed by atoms with Crippen molar-refractivity contribution in [2.75, 3.05) is 6.54 Å². The first-order chi connectivity index (χ1) is 8.94. The standard InChI is InChI=1S/C17H24N2/c1-13(12-19-17(2,3)4)10-14-7-8-15-6-5-9-18-16(15)11-14/h5-9,11,13,19H,10,12H2,1-4H3. The molecule has 0 saturated heterocycles. The summed E-state index contributed by atoms with van der Waals surface area (Å²) in [5.41, 5.74) is 2.66. The van der Waals surface area contributed by atoms with Crippen LogP contribution in [0, 0.1) is 5.92 Å². The van der Waals surface area contributed by atoms with Crippen LogP contribution in [0.5, 0.6) is 0 Å². The molecule has 0 aliphatic heterocycles. The quantitative estimate of drug-likeness (QED) is 0.900. The maximum absolute atomic E-state index is 4.42. The van der Waals surface area contributed by atoms with E-state index in [1.54, 1.807) is 0 Å². The zero-order valence-corrected chi connectivity index (χ0v) is 12.4. The fraction of sp³-hybridized carbons (Fsp3) is 0.471. The van der Waals surface area contributed by atoms with Crippen molar-refractivity contribution in [1.82, 2.24) is 10.3 Å². The molecule has 1 atom stereocenters. The highest BCUT2D eigenvalue weighted by Crippen LogP contribution is 2.16. The van der Waals surface area contributed by atoms with Crippen LogP contribution in [-0.4, -0.2) is 17.1 Å². The Balaban J connectivity index is 2.00. The predicted octanol–water partition coefficient (Wildman–Crippen LogP) is 3.80. The van der Waals surface area contributed by atoms with Gasteiger partial charge in [0.2, 0.25) is 0 Å². The van der Waals surface area contributed by atoms with Gasteiger partial charge in [0.05, 0.1) is 5.52 Å². The zero-order chi connectivity index (χ0) is 13.9. The van der Waals surface area contributed by atoms with Crippen molar-refractivity contribution < 1.29 is 0 Å². The fourth-order valence-corrected chi connectivity index (χ4v) is 2.19. The average Bonchev–Trinajstić information content (AvgIpc) is 2.35. The third kappa shape index (κ3) is 4.32. The summed E-state index contributed by atoms with van der Waals surface area (Å²) in [5, 5.41) is 4.78. The zero-order valence-electron chi connectivity index (χ0n) is 12.4. The first kappa shape index (κ1) is 14.0. The van der Waals surface area contributed by atoms with Crippen LogP contribution in [0.15, 0.2) is 36.5 Å². The third-order valence-corrected chi connectivity index (χ3v) is 3.24. The lowest BCUT2D eigenvalue weighted by atomic mass is 9.98. The van der Waals surface area contributed by atoms with Crippen molar-refractivity contribution in [3.63, 3.8) is 0 Å². The minimum Gasteiger partial charge on any atom is -0.312 e. The number of rotatable bonds is 4. The van der Waals surface area contributed by atoms with Gasteiger partial charge in [0.15, 0.2) is 0 Å². The lowest BCUT2D eigenvalue weighted by molar-refractivity contribution is 0.381. The topological polar surface area (TPSA) is 24.9 Å². The minimum absolute atomic E-state index is 0.194. The van der Waals surface area contributed by atoms with Crippen molar-refractivity contribution in [1.29, 1.82) is 0 Å². The largest absolute Gasteiger partial charge is 0.312 e. The molecule has 0 saturated carbocycles. The van der Waals surface area contributed by atoms with Crippen LogP contribution < -0.4 is 5.32 Å². The molecular formula is C17H24N2. The molecule has 1 N–H and O–H groups in total. The normalized spacial score (nSPS) is 13.7. The number of fused-ring (bicyclic) bond motifs is 1. The molecule has 0 radical (unpaired) electrons. The first-order valence-electron chi connectivity index (χ1n) is 7.03. The van der Waals surface area contributed by atoms with E-state index in [2.05, 4.69) is 62.3 Å². The Kier molecular flexibility index (Phi) is 4.20. The van der Waals surface area contributed by atoms with E-state index < -0.39 is 0 Å². The van der Waals surface area contributed by atoms with Crippen LogP contribution in [0.3, 0.4) is 0 Å². The summed E-state index contributed by atoms with van der Waals surface area (Å²) in [6.45, 7) is 9.96. The van der Waals surface area contributed by atoms with E-state index in [4.69, 9.17) is 0 Å². The molecule has 1 unspecified atom stereocenters. The second-order valence-corrected chi connectivity index (χ2v) is 6.47. The second-order valence-electron chi connectivity index (χ2n) is 6.47. The van der Waals surface area contributed by atoms with Crippen LogP contribution in [0.2, 0.25) is 0 Å². The SMILES string of the molecule is CC(CNC(C)(C)C)Cc1ccc2cccnc2c1. The predicted molar refractivity (Wildman–Crippen MR) is 82.4 cm³/mol.